The van der Waals surface area contributed by atoms with E-state index in [-0.39, 0.29) is 0 Å². The van der Waals surface area contributed by atoms with E-state index in [1.807, 2.05) is 0 Å². The topological polar surface area (TPSA) is 57.5 Å². The second-order valence-corrected chi connectivity index (χ2v) is 3.53. The van der Waals surface area contributed by atoms with Crippen molar-refractivity contribution in [3.63, 3.8) is 0 Å². The minimum absolute atomic E-state index is 0.695. The molecule has 0 aliphatic heterocycles. The van der Waals surface area contributed by atoms with Crippen LogP contribution in [0.5, 0.6) is 0 Å². The first-order chi connectivity index (χ1) is 6.62. The summed E-state index contributed by atoms with van der Waals surface area (Å²) in [5, 5.41) is 18.2. The van der Waals surface area contributed by atoms with Gasteiger partial charge in [-0.3, -0.25) is 0 Å². The molecule has 1 aliphatic carbocycles. The lowest BCUT2D eigenvalue weighted by Crippen LogP contribution is -2.29. The third-order valence-corrected chi connectivity index (χ3v) is 2.29. The van der Waals surface area contributed by atoms with Crippen molar-refractivity contribution in [1.82, 2.24) is 0 Å². The minimum atomic E-state index is -1.02. The molecule has 1 rings (SSSR count). The molecule has 3 heteroatoms. The standard InChI is InChI=1S/C11H14O3/c12-10(13)6-2-5-9-11(14)7-3-1-4-8-11/h2,6,14H,1,3-4,7-8H2,(H,12,13)/b6-2+. The molecule has 0 amide bonds. The van der Waals surface area contributed by atoms with E-state index in [2.05, 4.69) is 11.8 Å². The average Bonchev–Trinajstić information content (AvgIpc) is 2.14. The molecule has 0 unspecified atom stereocenters. The van der Waals surface area contributed by atoms with Crippen molar-refractivity contribution >= 4 is 5.97 Å². The number of rotatable bonds is 1. The molecule has 76 valence electrons. The number of hydrogen-bond donors (Lipinski definition) is 2. The SMILES string of the molecule is O=C(O)/C=C/C#CC1(O)CCCCC1. The molecule has 1 fully saturated rings. The molecule has 1 aliphatic rings. The van der Waals surface area contributed by atoms with E-state index >= 15 is 0 Å². The summed E-state index contributed by atoms with van der Waals surface area (Å²) in [6.07, 6.45) is 6.76. The third kappa shape index (κ3) is 3.63. The number of allylic oxidation sites excluding steroid dienone is 1. The quantitative estimate of drug-likeness (QED) is 0.489. The highest BCUT2D eigenvalue weighted by atomic mass is 16.4. The van der Waals surface area contributed by atoms with Gasteiger partial charge in [-0.1, -0.05) is 18.3 Å². The number of aliphatic carboxylic acids is 1. The molecule has 3 nitrogen and oxygen atoms in total. The van der Waals surface area contributed by atoms with Crippen molar-refractivity contribution < 1.29 is 15.0 Å². The Morgan fingerprint density at radius 1 is 1.29 bits per heavy atom. The van der Waals surface area contributed by atoms with Crippen molar-refractivity contribution in [3.8, 4) is 11.8 Å². The highest BCUT2D eigenvalue weighted by molar-refractivity contribution is 5.80. The summed E-state index contributed by atoms with van der Waals surface area (Å²) < 4.78 is 0. The summed E-state index contributed by atoms with van der Waals surface area (Å²) in [5.41, 5.74) is -0.888. The predicted molar refractivity (Wildman–Crippen MR) is 52.6 cm³/mol. The molecule has 0 atom stereocenters. The van der Waals surface area contributed by atoms with Crippen LogP contribution < -0.4 is 0 Å². The van der Waals surface area contributed by atoms with E-state index in [1.54, 1.807) is 0 Å². The molecule has 0 aromatic heterocycles. The van der Waals surface area contributed by atoms with Gasteiger partial charge in [0.05, 0.1) is 0 Å². The fourth-order valence-electron chi connectivity index (χ4n) is 1.55. The maximum absolute atomic E-state index is 10.1. The normalized spacial score (nSPS) is 20.1. The van der Waals surface area contributed by atoms with E-state index < -0.39 is 11.6 Å². The van der Waals surface area contributed by atoms with Gasteiger partial charge in [-0.25, -0.2) is 4.79 Å². The third-order valence-electron chi connectivity index (χ3n) is 2.29. The number of carbonyl (C=O) groups is 1. The van der Waals surface area contributed by atoms with Crippen LogP contribution in [0.15, 0.2) is 12.2 Å². The Bertz CT molecular complexity index is 287. The Morgan fingerprint density at radius 2 is 1.93 bits per heavy atom. The number of aliphatic hydroxyl groups is 1. The van der Waals surface area contributed by atoms with Crippen molar-refractivity contribution in [3.05, 3.63) is 12.2 Å². The van der Waals surface area contributed by atoms with Crippen LogP contribution in [0.3, 0.4) is 0 Å². The fraction of sp³-hybridized carbons (Fsp3) is 0.545. The summed E-state index contributed by atoms with van der Waals surface area (Å²) in [7, 11) is 0. The van der Waals surface area contributed by atoms with Crippen LogP contribution in [0.2, 0.25) is 0 Å². The zero-order valence-corrected chi connectivity index (χ0v) is 7.99. The van der Waals surface area contributed by atoms with Gasteiger partial charge in [0.15, 0.2) is 0 Å². The molecule has 0 spiro atoms. The molecule has 0 bridgehead atoms. The van der Waals surface area contributed by atoms with E-state index in [0.29, 0.717) is 12.8 Å². The number of carboxylic acids is 1. The van der Waals surface area contributed by atoms with Crippen LogP contribution in [0.4, 0.5) is 0 Å². The monoisotopic (exact) mass is 194 g/mol. The smallest absolute Gasteiger partial charge is 0.328 e. The van der Waals surface area contributed by atoms with Gasteiger partial charge in [0.25, 0.3) is 0 Å². The van der Waals surface area contributed by atoms with Gasteiger partial charge >= 0.3 is 5.97 Å². The molecule has 0 heterocycles. The molecular weight excluding hydrogens is 180 g/mol. The second-order valence-electron chi connectivity index (χ2n) is 3.53. The van der Waals surface area contributed by atoms with Gasteiger partial charge in [0, 0.05) is 6.08 Å². The van der Waals surface area contributed by atoms with Crippen LogP contribution in [-0.2, 0) is 4.79 Å². The predicted octanol–water partition coefficient (Wildman–Crippen LogP) is 1.33. The highest BCUT2D eigenvalue weighted by Gasteiger charge is 2.26. The molecule has 0 saturated heterocycles. The van der Waals surface area contributed by atoms with E-state index in [0.717, 1.165) is 25.3 Å². The first-order valence-corrected chi connectivity index (χ1v) is 4.77. The van der Waals surface area contributed by atoms with Crippen LogP contribution in [0, 0.1) is 11.8 Å². The van der Waals surface area contributed by atoms with E-state index in [1.165, 1.54) is 6.08 Å². The summed E-state index contributed by atoms with van der Waals surface area (Å²) in [5.74, 6) is 4.26. The Balaban J connectivity index is 2.52. The first-order valence-electron chi connectivity index (χ1n) is 4.77. The van der Waals surface area contributed by atoms with Gasteiger partial charge in [-0.15, -0.1) is 0 Å². The number of hydrogen-bond acceptors (Lipinski definition) is 2. The molecule has 14 heavy (non-hydrogen) atoms. The lowest BCUT2D eigenvalue weighted by molar-refractivity contribution is -0.131. The zero-order chi connectivity index (χ0) is 10.4. The van der Waals surface area contributed by atoms with Gasteiger partial charge in [-0.2, -0.15) is 0 Å². The van der Waals surface area contributed by atoms with Gasteiger partial charge in [0.2, 0.25) is 0 Å². The molecule has 1 saturated carbocycles. The lowest BCUT2D eigenvalue weighted by atomic mass is 9.85. The molecule has 0 aromatic rings. The summed E-state index contributed by atoms with van der Waals surface area (Å²) in [6, 6.07) is 0. The van der Waals surface area contributed by atoms with Crippen LogP contribution in [-0.4, -0.2) is 21.8 Å². The average molecular weight is 194 g/mol. The molecule has 0 radical (unpaired) electrons. The Kier molecular flexibility index (Phi) is 3.73. The van der Waals surface area contributed by atoms with Gasteiger partial charge < -0.3 is 10.2 Å². The Labute approximate surface area is 83.4 Å². The summed E-state index contributed by atoms with van der Waals surface area (Å²) in [6.45, 7) is 0. The van der Waals surface area contributed by atoms with Crippen molar-refractivity contribution in [1.29, 1.82) is 0 Å². The summed E-state index contributed by atoms with van der Waals surface area (Å²) >= 11 is 0. The van der Waals surface area contributed by atoms with E-state index in [9.17, 15) is 9.90 Å². The van der Waals surface area contributed by atoms with E-state index in [4.69, 9.17) is 5.11 Å². The van der Waals surface area contributed by atoms with Crippen molar-refractivity contribution in [2.24, 2.45) is 0 Å². The number of carboxylic acid groups (broad SMARTS) is 1. The Hall–Kier alpha value is -1.27. The maximum Gasteiger partial charge on any atom is 0.328 e. The first kappa shape index (κ1) is 10.8. The molecule has 2 N–H and O–H groups in total. The molecule has 0 aromatic carbocycles. The van der Waals surface area contributed by atoms with Crippen LogP contribution in [0.25, 0.3) is 0 Å². The second kappa shape index (κ2) is 4.83. The van der Waals surface area contributed by atoms with Crippen LogP contribution >= 0.6 is 0 Å². The van der Waals surface area contributed by atoms with Crippen molar-refractivity contribution in [2.45, 2.75) is 37.7 Å². The molecular formula is C11H14O3. The van der Waals surface area contributed by atoms with Gasteiger partial charge in [-0.05, 0) is 31.8 Å². The lowest BCUT2D eigenvalue weighted by Gasteiger charge is -2.26. The largest absolute Gasteiger partial charge is 0.478 e. The minimum Gasteiger partial charge on any atom is -0.478 e. The van der Waals surface area contributed by atoms with Crippen LogP contribution in [0.1, 0.15) is 32.1 Å². The zero-order valence-electron chi connectivity index (χ0n) is 7.99. The van der Waals surface area contributed by atoms with Gasteiger partial charge in [0.1, 0.15) is 5.60 Å². The fourth-order valence-corrected chi connectivity index (χ4v) is 1.55. The van der Waals surface area contributed by atoms with Crippen molar-refractivity contribution in [2.75, 3.05) is 0 Å². The Morgan fingerprint density at radius 3 is 2.50 bits per heavy atom. The highest BCUT2D eigenvalue weighted by Crippen LogP contribution is 2.26. The maximum atomic E-state index is 10.1. The summed E-state index contributed by atoms with van der Waals surface area (Å²) in [4.78, 5) is 10.1.